The minimum atomic E-state index is -0.100. The van der Waals surface area contributed by atoms with E-state index in [9.17, 15) is 4.79 Å². The zero-order chi connectivity index (χ0) is 11.3. The van der Waals surface area contributed by atoms with Crippen LogP contribution in [0, 0.1) is 6.92 Å². The van der Waals surface area contributed by atoms with Crippen LogP contribution in [0.15, 0.2) is 23.0 Å². The van der Waals surface area contributed by atoms with E-state index in [4.69, 9.17) is 5.73 Å². The third-order valence-electron chi connectivity index (χ3n) is 3.21. The van der Waals surface area contributed by atoms with Gasteiger partial charge in [0, 0.05) is 6.54 Å². The lowest BCUT2D eigenvalue weighted by Crippen LogP contribution is -2.22. The number of hydrogen-bond donors (Lipinski definition) is 1. The number of aromatic nitrogens is 2. The summed E-state index contributed by atoms with van der Waals surface area (Å²) < 4.78 is 1.70. The molecule has 1 atom stereocenters. The molecule has 1 aromatic carbocycles. The average Bonchev–Trinajstić information content (AvgIpc) is 2.63. The van der Waals surface area contributed by atoms with Gasteiger partial charge in [-0.2, -0.15) is 0 Å². The Balaban J connectivity index is 2.49. The Bertz CT molecular complexity index is 630. The highest BCUT2D eigenvalue weighted by Crippen LogP contribution is 2.22. The van der Waals surface area contributed by atoms with Gasteiger partial charge in [-0.25, -0.2) is 4.98 Å². The lowest BCUT2D eigenvalue weighted by molar-refractivity contribution is 0.679. The molecule has 4 heteroatoms. The smallest absolute Gasteiger partial charge is 0.261 e. The number of fused-ring (bicyclic) bond motifs is 2. The monoisotopic (exact) mass is 215 g/mol. The molecule has 3 rings (SSSR count). The molecule has 0 radical (unpaired) electrons. The number of nitrogens with two attached hydrogens (primary N) is 1. The highest BCUT2D eigenvalue weighted by atomic mass is 16.1. The third-order valence-corrected chi connectivity index (χ3v) is 3.21. The summed E-state index contributed by atoms with van der Waals surface area (Å²) in [6.07, 6.45) is 0.803. The molecule has 0 amide bonds. The fourth-order valence-corrected chi connectivity index (χ4v) is 2.30. The molecule has 0 saturated heterocycles. The topological polar surface area (TPSA) is 60.9 Å². The summed E-state index contributed by atoms with van der Waals surface area (Å²) in [7, 11) is 0. The number of benzene rings is 1. The second-order valence-corrected chi connectivity index (χ2v) is 4.29. The Morgan fingerprint density at radius 2 is 2.31 bits per heavy atom. The summed E-state index contributed by atoms with van der Waals surface area (Å²) in [5.74, 6) is 0.729. The molecule has 16 heavy (non-hydrogen) atoms. The lowest BCUT2D eigenvalue weighted by Gasteiger charge is -2.08. The van der Waals surface area contributed by atoms with E-state index in [1.807, 2.05) is 25.1 Å². The van der Waals surface area contributed by atoms with Gasteiger partial charge >= 0.3 is 0 Å². The van der Waals surface area contributed by atoms with Crippen LogP contribution in [0.5, 0.6) is 0 Å². The first-order chi connectivity index (χ1) is 7.68. The van der Waals surface area contributed by atoms with E-state index in [1.54, 1.807) is 4.57 Å². The Hall–Kier alpha value is -1.68. The van der Waals surface area contributed by atoms with Gasteiger partial charge in [-0.3, -0.25) is 9.36 Å². The summed E-state index contributed by atoms with van der Waals surface area (Å²) in [5, 5.41) is 0.692. The molecular formula is C12H13N3O. The van der Waals surface area contributed by atoms with E-state index in [0.717, 1.165) is 23.3 Å². The van der Waals surface area contributed by atoms with Crippen molar-refractivity contribution >= 4 is 10.9 Å². The fourth-order valence-electron chi connectivity index (χ4n) is 2.30. The zero-order valence-corrected chi connectivity index (χ0v) is 9.10. The first-order valence-corrected chi connectivity index (χ1v) is 5.44. The second-order valence-electron chi connectivity index (χ2n) is 4.29. The van der Waals surface area contributed by atoms with Gasteiger partial charge in [0.15, 0.2) is 0 Å². The molecule has 1 aliphatic heterocycles. The van der Waals surface area contributed by atoms with Gasteiger partial charge in [-0.15, -0.1) is 0 Å². The summed E-state index contributed by atoms with van der Waals surface area (Å²) in [6, 6.07) is 5.58. The maximum atomic E-state index is 12.2. The van der Waals surface area contributed by atoms with Gasteiger partial charge in [0.05, 0.1) is 16.9 Å². The van der Waals surface area contributed by atoms with E-state index in [2.05, 4.69) is 4.98 Å². The van der Waals surface area contributed by atoms with Crippen molar-refractivity contribution in [3.8, 4) is 0 Å². The molecule has 82 valence electrons. The van der Waals surface area contributed by atoms with Gasteiger partial charge in [0.2, 0.25) is 0 Å². The number of nitrogens with zero attached hydrogens (tertiary/aromatic N) is 2. The maximum Gasteiger partial charge on any atom is 0.261 e. The van der Waals surface area contributed by atoms with Crippen molar-refractivity contribution in [1.82, 2.24) is 9.55 Å². The van der Waals surface area contributed by atoms with Gasteiger partial charge in [0.25, 0.3) is 5.56 Å². The summed E-state index contributed by atoms with van der Waals surface area (Å²) >= 11 is 0. The van der Waals surface area contributed by atoms with Crippen LogP contribution in [-0.2, 0) is 6.54 Å². The van der Waals surface area contributed by atoms with Crippen LogP contribution in [-0.4, -0.2) is 9.55 Å². The van der Waals surface area contributed by atoms with Gasteiger partial charge in [-0.1, -0.05) is 12.1 Å². The molecule has 2 aromatic rings. The van der Waals surface area contributed by atoms with Crippen molar-refractivity contribution in [2.45, 2.75) is 25.9 Å². The Morgan fingerprint density at radius 1 is 1.50 bits per heavy atom. The van der Waals surface area contributed by atoms with Gasteiger partial charge in [0.1, 0.15) is 5.82 Å². The Labute approximate surface area is 92.7 Å². The first-order valence-electron chi connectivity index (χ1n) is 5.44. The van der Waals surface area contributed by atoms with Crippen LogP contribution in [0.1, 0.15) is 23.9 Å². The Morgan fingerprint density at radius 3 is 3.12 bits per heavy atom. The molecule has 1 aromatic heterocycles. The van der Waals surface area contributed by atoms with Crippen molar-refractivity contribution in [1.29, 1.82) is 0 Å². The quantitative estimate of drug-likeness (QED) is 0.716. The van der Waals surface area contributed by atoms with Crippen molar-refractivity contribution < 1.29 is 0 Å². The molecule has 0 spiro atoms. The molecule has 4 nitrogen and oxygen atoms in total. The third kappa shape index (κ3) is 1.13. The SMILES string of the molecule is Cc1cccc2c(=O)n3c(nc12)C(N)CC3. The van der Waals surface area contributed by atoms with Crippen LogP contribution < -0.4 is 11.3 Å². The molecule has 0 bridgehead atoms. The van der Waals surface area contributed by atoms with E-state index in [-0.39, 0.29) is 11.6 Å². The van der Waals surface area contributed by atoms with Crippen LogP contribution in [0.3, 0.4) is 0 Å². The summed E-state index contributed by atoms with van der Waals surface area (Å²) in [5.41, 5.74) is 7.79. The zero-order valence-electron chi connectivity index (χ0n) is 9.10. The molecule has 2 heterocycles. The van der Waals surface area contributed by atoms with E-state index < -0.39 is 0 Å². The normalized spacial score (nSPS) is 19.0. The van der Waals surface area contributed by atoms with Crippen molar-refractivity contribution in [2.24, 2.45) is 5.73 Å². The van der Waals surface area contributed by atoms with Crippen molar-refractivity contribution in [2.75, 3.05) is 0 Å². The van der Waals surface area contributed by atoms with Crippen molar-refractivity contribution in [3.63, 3.8) is 0 Å². The fraction of sp³-hybridized carbons (Fsp3) is 0.333. The van der Waals surface area contributed by atoms with Crippen molar-refractivity contribution in [3.05, 3.63) is 39.9 Å². The minimum absolute atomic E-state index is 0.0386. The van der Waals surface area contributed by atoms with E-state index in [1.165, 1.54) is 0 Å². The minimum Gasteiger partial charge on any atom is -0.321 e. The number of para-hydroxylation sites is 1. The maximum absolute atomic E-state index is 12.2. The largest absolute Gasteiger partial charge is 0.321 e. The molecule has 0 aliphatic carbocycles. The first kappa shape index (κ1) is 9.54. The Kier molecular flexibility index (Phi) is 1.88. The van der Waals surface area contributed by atoms with Gasteiger partial charge in [-0.05, 0) is 25.0 Å². The lowest BCUT2D eigenvalue weighted by atomic mass is 10.1. The summed E-state index contributed by atoms with van der Waals surface area (Å²) in [6.45, 7) is 2.65. The van der Waals surface area contributed by atoms with Crippen LogP contribution >= 0.6 is 0 Å². The number of aryl methyl sites for hydroxylation is 1. The molecular weight excluding hydrogens is 202 g/mol. The molecule has 1 aliphatic rings. The van der Waals surface area contributed by atoms with Crippen LogP contribution in [0.2, 0.25) is 0 Å². The highest BCUT2D eigenvalue weighted by molar-refractivity contribution is 5.80. The molecule has 2 N–H and O–H groups in total. The highest BCUT2D eigenvalue weighted by Gasteiger charge is 2.23. The number of rotatable bonds is 0. The molecule has 0 saturated carbocycles. The second kappa shape index (κ2) is 3.15. The van der Waals surface area contributed by atoms with Crippen LogP contribution in [0.4, 0.5) is 0 Å². The summed E-state index contributed by atoms with van der Waals surface area (Å²) in [4.78, 5) is 16.7. The molecule has 1 unspecified atom stereocenters. The van der Waals surface area contributed by atoms with E-state index in [0.29, 0.717) is 11.9 Å². The van der Waals surface area contributed by atoms with E-state index >= 15 is 0 Å². The average molecular weight is 215 g/mol. The van der Waals surface area contributed by atoms with Crippen LogP contribution in [0.25, 0.3) is 10.9 Å². The molecule has 0 fully saturated rings. The van der Waals surface area contributed by atoms with Gasteiger partial charge < -0.3 is 5.73 Å². The number of hydrogen-bond acceptors (Lipinski definition) is 3. The predicted octanol–water partition coefficient (Wildman–Crippen LogP) is 1.11. The predicted molar refractivity (Wildman–Crippen MR) is 62.3 cm³/mol. The standard InChI is InChI=1S/C12H13N3O/c1-7-3-2-4-8-10(7)14-11-9(13)5-6-15(11)12(8)16/h2-4,9H,5-6,13H2,1H3.